The van der Waals surface area contributed by atoms with E-state index in [0.717, 1.165) is 29.7 Å². The predicted molar refractivity (Wildman–Crippen MR) is 99.9 cm³/mol. The number of rotatable bonds is 6. The van der Waals surface area contributed by atoms with E-state index in [4.69, 9.17) is 4.74 Å². The monoisotopic (exact) mass is 398 g/mol. The van der Waals surface area contributed by atoms with Crippen molar-refractivity contribution in [3.8, 4) is 0 Å². The summed E-state index contributed by atoms with van der Waals surface area (Å²) in [7, 11) is 0. The highest BCUT2D eigenvalue weighted by Gasteiger charge is 2.33. The number of carbonyl (C=O) groups is 1. The standard InChI is InChI=1S/C20H22F4N2O2/c1-4-7-28-19(27)26-18-12(2)8-15(9-13(18)3)25-11-14-5-6-16(17(21)10-14)20(22,23)24/h5-6,8-10,25H,4,7,11H2,1-3H3,(H,26,27). The van der Waals surface area contributed by atoms with E-state index in [0.29, 0.717) is 23.5 Å². The second-order valence-corrected chi connectivity index (χ2v) is 6.41. The molecular formula is C20H22F4N2O2. The summed E-state index contributed by atoms with van der Waals surface area (Å²) in [5, 5.41) is 5.75. The topological polar surface area (TPSA) is 50.4 Å². The van der Waals surface area contributed by atoms with Gasteiger partial charge in [0.1, 0.15) is 5.82 Å². The van der Waals surface area contributed by atoms with Gasteiger partial charge in [0.25, 0.3) is 0 Å². The van der Waals surface area contributed by atoms with E-state index in [-0.39, 0.29) is 6.54 Å². The quantitative estimate of drug-likeness (QED) is 0.584. The van der Waals surface area contributed by atoms with Crippen LogP contribution in [0.25, 0.3) is 0 Å². The summed E-state index contributed by atoms with van der Waals surface area (Å²) in [6, 6.07) is 6.40. The first-order valence-electron chi connectivity index (χ1n) is 8.76. The third-order valence-electron chi connectivity index (χ3n) is 4.03. The van der Waals surface area contributed by atoms with E-state index in [2.05, 4.69) is 10.6 Å². The highest BCUT2D eigenvalue weighted by molar-refractivity contribution is 5.87. The molecule has 0 aliphatic heterocycles. The van der Waals surface area contributed by atoms with Crippen LogP contribution in [0.15, 0.2) is 30.3 Å². The minimum absolute atomic E-state index is 0.152. The minimum atomic E-state index is -4.72. The van der Waals surface area contributed by atoms with Gasteiger partial charge in [0, 0.05) is 17.9 Å². The number of hydrogen-bond donors (Lipinski definition) is 2. The molecule has 4 nitrogen and oxygen atoms in total. The number of benzene rings is 2. The molecular weight excluding hydrogens is 376 g/mol. The third-order valence-corrected chi connectivity index (χ3v) is 4.03. The fourth-order valence-corrected chi connectivity index (χ4v) is 2.70. The minimum Gasteiger partial charge on any atom is -0.449 e. The lowest BCUT2D eigenvalue weighted by Crippen LogP contribution is -2.16. The smallest absolute Gasteiger partial charge is 0.419 e. The Morgan fingerprint density at radius 2 is 1.75 bits per heavy atom. The summed E-state index contributed by atoms with van der Waals surface area (Å²) in [6.07, 6.45) is -4.53. The van der Waals surface area contributed by atoms with Gasteiger partial charge in [-0.1, -0.05) is 13.0 Å². The Bertz CT molecular complexity index is 828. The molecule has 0 atom stereocenters. The lowest BCUT2D eigenvalue weighted by molar-refractivity contribution is -0.140. The van der Waals surface area contributed by atoms with E-state index in [1.54, 1.807) is 12.1 Å². The molecule has 2 rings (SSSR count). The number of alkyl halides is 3. The molecule has 0 fully saturated rings. The molecule has 2 aromatic carbocycles. The predicted octanol–water partition coefficient (Wildman–Crippen LogP) is 6.03. The number of ether oxygens (including phenoxy) is 1. The van der Waals surface area contributed by atoms with Crippen molar-refractivity contribution in [3.05, 3.63) is 58.4 Å². The third kappa shape index (κ3) is 5.61. The molecule has 0 aliphatic carbocycles. The van der Waals surface area contributed by atoms with Crippen LogP contribution in [0.5, 0.6) is 0 Å². The van der Waals surface area contributed by atoms with Gasteiger partial charge in [-0.3, -0.25) is 5.32 Å². The van der Waals surface area contributed by atoms with Gasteiger partial charge in [-0.05, 0) is 61.2 Å². The van der Waals surface area contributed by atoms with Crippen LogP contribution < -0.4 is 10.6 Å². The Hall–Kier alpha value is -2.77. The summed E-state index contributed by atoms with van der Waals surface area (Å²) in [5.74, 6) is -1.30. The Morgan fingerprint density at radius 3 is 2.29 bits per heavy atom. The van der Waals surface area contributed by atoms with Crippen LogP contribution in [0.2, 0.25) is 0 Å². The van der Waals surface area contributed by atoms with E-state index in [9.17, 15) is 22.4 Å². The lowest BCUT2D eigenvalue weighted by Gasteiger charge is -2.15. The van der Waals surface area contributed by atoms with Crippen molar-refractivity contribution in [2.24, 2.45) is 0 Å². The average Bonchev–Trinajstić information content (AvgIpc) is 2.60. The molecule has 152 valence electrons. The Kier molecular flexibility index (Phi) is 6.88. The second-order valence-electron chi connectivity index (χ2n) is 6.41. The zero-order chi connectivity index (χ0) is 20.9. The van der Waals surface area contributed by atoms with Gasteiger partial charge < -0.3 is 10.1 Å². The summed E-state index contributed by atoms with van der Waals surface area (Å²) in [5.41, 5.74) is 2.00. The zero-order valence-electron chi connectivity index (χ0n) is 15.8. The maximum Gasteiger partial charge on any atom is 0.419 e. The van der Waals surface area contributed by atoms with Crippen LogP contribution in [0.1, 0.15) is 35.6 Å². The van der Waals surface area contributed by atoms with Gasteiger partial charge in [0.15, 0.2) is 0 Å². The van der Waals surface area contributed by atoms with Gasteiger partial charge in [0.05, 0.1) is 12.2 Å². The van der Waals surface area contributed by atoms with Crippen molar-refractivity contribution in [2.75, 3.05) is 17.2 Å². The fourth-order valence-electron chi connectivity index (χ4n) is 2.70. The molecule has 0 saturated heterocycles. The summed E-state index contributed by atoms with van der Waals surface area (Å²) in [4.78, 5) is 11.7. The zero-order valence-corrected chi connectivity index (χ0v) is 15.8. The molecule has 0 aliphatic rings. The van der Waals surface area contributed by atoms with Crippen LogP contribution in [0, 0.1) is 19.7 Å². The molecule has 0 radical (unpaired) electrons. The van der Waals surface area contributed by atoms with Crippen molar-refractivity contribution < 1.29 is 27.1 Å². The number of nitrogens with one attached hydrogen (secondary N) is 2. The molecule has 0 saturated carbocycles. The molecule has 8 heteroatoms. The average molecular weight is 398 g/mol. The molecule has 28 heavy (non-hydrogen) atoms. The maximum atomic E-state index is 13.7. The number of aryl methyl sites for hydroxylation is 2. The van der Waals surface area contributed by atoms with Crippen molar-refractivity contribution in [2.45, 2.75) is 39.9 Å². The van der Waals surface area contributed by atoms with Gasteiger partial charge in [-0.15, -0.1) is 0 Å². The van der Waals surface area contributed by atoms with E-state index in [1.807, 2.05) is 20.8 Å². The summed E-state index contributed by atoms with van der Waals surface area (Å²) in [6.45, 7) is 6.00. The largest absolute Gasteiger partial charge is 0.449 e. The molecule has 0 aromatic heterocycles. The van der Waals surface area contributed by atoms with E-state index < -0.39 is 23.7 Å². The van der Waals surface area contributed by atoms with E-state index in [1.165, 1.54) is 6.07 Å². The molecule has 0 heterocycles. The van der Waals surface area contributed by atoms with Gasteiger partial charge in [0.2, 0.25) is 0 Å². The maximum absolute atomic E-state index is 13.7. The molecule has 2 N–H and O–H groups in total. The number of amides is 1. The highest BCUT2D eigenvalue weighted by Crippen LogP contribution is 2.32. The van der Waals surface area contributed by atoms with Crippen molar-refractivity contribution in [3.63, 3.8) is 0 Å². The number of halogens is 4. The normalized spacial score (nSPS) is 11.2. The fraction of sp³-hybridized carbons (Fsp3) is 0.350. The van der Waals surface area contributed by atoms with Gasteiger partial charge in [-0.25, -0.2) is 9.18 Å². The Balaban J connectivity index is 2.07. The Morgan fingerprint density at radius 1 is 1.11 bits per heavy atom. The van der Waals surface area contributed by atoms with Crippen LogP contribution in [-0.4, -0.2) is 12.7 Å². The SMILES string of the molecule is CCCOC(=O)Nc1c(C)cc(NCc2ccc(C(F)(F)F)c(F)c2)cc1C. The first-order chi connectivity index (χ1) is 13.1. The summed E-state index contributed by atoms with van der Waals surface area (Å²) < 4.78 is 56.5. The molecule has 0 bridgehead atoms. The lowest BCUT2D eigenvalue weighted by atomic mass is 10.1. The molecule has 0 unspecified atom stereocenters. The number of carbonyl (C=O) groups excluding carboxylic acids is 1. The number of anilines is 2. The van der Waals surface area contributed by atoms with Crippen LogP contribution in [0.3, 0.4) is 0 Å². The second kappa shape index (κ2) is 8.95. The number of hydrogen-bond acceptors (Lipinski definition) is 3. The first kappa shape index (κ1) is 21.5. The van der Waals surface area contributed by atoms with Crippen LogP contribution in [-0.2, 0) is 17.5 Å². The Labute approximate surface area is 160 Å². The van der Waals surface area contributed by atoms with Gasteiger partial charge in [-0.2, -0.15) is 13.2 Å². The first-order valence-corrected chi connectivity index (χ1v) is 8.76. The summed E-state index contributed by atoms with van der Waals surface area (Å²) >= 11 is 0. The highest BCUT2D eigenvalue weighted by atomic mass is 19.4. The molecule has 2 aromatic rings. The molecule has 1 amide bonds. The van der Waals surface area contributed by atoms with Crippen molar-refractivity contribution in [1.29, 1.82) is 0 Å². The van der Waals surface area contributed by atoms with Gasteiger partial charge >= 0.3 is 12.3 Å². The van der Waals surface area contributed by atoms with Crippen molar-refractivity contribution in [1.82, 2.24) is 0 Å². The van der Waals surface area contributed by atoms with Crippen molar-refractivity contribution >= 4 is 17.5 Å². The van der Waals surface area contributed by atoms with Crippen LogP contribution in [0.4, 0.5) is 33.7 Å². The van der Waals surface area contributed by atoms with E-state index >= 15 is 0 Å². The molecule has 0 spiro atoms. The van der Waals surface area contributed by atoms with Crippen LogP contribution >= 0.6 is 0 Å².